The third-order valence-corrected chi connectivity index (χ3v) is 4.82. The van der Waals surface area contributed by atoms with Gasteiger partial charge in [-0.3, -0.25) is 4.79 Å². The quantitative estimate of drug-likeness (QED) is 0.778. The molecule has 2 nitrogen and oxygen atoms in total. The third-order valence-electron chi connectivity index (χ3n) is 4.82. The van der Waals surface area contributed by atoms with Gasteiger partial charge in [0, 0.05) is 18.9 Å². The Morgan fingerprint density at radius 2 is 2.06 bits per heavy atom. The van der Waals surface area contributed by atoms with Gasteiger partial charge in [0.25, 0.3) is 0 Å². The van der Waals surface area contributed by atoms with E-state index in [0.29, 0.717) is 24.2 Å². The molecule has 0 aromatic rings. The largest absolute Gasteiger partial charge is 0.330 e. The van der Waals surface area contributed by atoms with Crippen LogP contribution in [0, 0.1) is 29.6 Å². The van der Waals surface area contributed by atoms with Crippen molar-refractivity contribution in [2.75, 3.05) is 6.54 Å². The van der Waals surface area contributed by atoms with Crippen molar-refractivity contribution in [3.05, 3.63) is 0 Å². The summed E-state index contributed by atoms with van der Waals surface area (Å²) in [6, 6.07) is 0. The zero-order valence-electron chi connectivity index (χ0n) is 10.6. The van der Waals surface area contributed by atoms with E-state index in [4.69, 9.17) is 5.73 Å². The molecule has 2 N–H and O–H groups in total. The summed E-state index contributed by atoms with van der Waals surface area (Å²) < 4.78 is 0. The lowest BCUT2D eigenvalue weighted by Crippen LogP contribution is -2.30. The maximum Gasteiger partial charge on any atom is 0.137 e. The van der Waals surface area contributed by atoms with E-state index < -0.39 is 0 Å². The van der Waals surface area contributed by atoms with Crippen LogP contribution in [0.5, 0.6) is 0 Å². The van der Waals surface area contributed by atoms with Crippen LogP contribution < -0.4 is 5.73 Å². The lowest BCUT2D eigenvalue weighted by molar-refractivity contribution is -0.125. The molecule has 0 saturated heterocycles. The second-order valence-corrected chi connectivity index (χ2v) is 6.19. The highest BCUT2D eigenvalue weighted by Crippen LogP contribution is 2.49. The standard InChI is InChI=1S/C14H25NO/c1-9(2)13(8-15)14(16)7-12-6-10-3-4-11(12)5-10/h9-13H,3-8,15H2,1-2H3. The molecule has 2 heteroatoms. The molecule has 2 aliphatic carbocycles. The predicted molar refractivity (Wildman–Crippen MR) is 65.9 cm³/mol. The molecule has 2 saturated carbocycles. The Kier molecular flexibility index (Phi) is 3.68. The zero-order valence-corrected chi connectivity index (χ0v) is 10.6. The molecular formula is C14H25NO. The number of fused-ring (bicyclic) bond motifs is 2. The fourth-order valence-electron chi connectivity index (χ4n) is 3.81. The molecule has 0 radical (unpaired) electrons. The number of hydrogen-bond donors (Lipinski definition) is 1. The van der Waals surface area contributed by atoms with Crippen molar-refractivity contribution < 1.29 is 4.79 Å². The average molecular weight is 223 g/mol. The number of carbonyl (C=O) groups excluding carboxylic acids is 1. The second-order valence-electron chi connectivity index (χ2n) is 6.19. The number of Topliss-reactive ketones (excluding diaryl/α,β-unsaturated/α-hetero) is 1. The Hall–Kier alpha value is -0.370. The van der Waals surface area contributed by atoms with Gasteiger partial charge in [0.05, 0.1) is 0 Å². The van der Waals surface area contributed by atoms with Gasteiger partial charge in [-0.05, 0) is 42.9 Å². The van der Waals surface area contributed by atoms with E-state index in [1.165, 1.54) is 25.7 Å². The van der Waals surface area contributed by atoms with Gasteiger partial charge in [-0.25, -0.2) is 0 Å². The number of ketones is 1. The van der Waals surface area contributed by atoms with E-state index in [9.17, 15) is 4.79 Å². The van der Waals surface area contributed by atoms with E-state index in [1.807, 2.05) is 0 Å². The summed E-state index contributed by atoms with van der Waals surface area (Å²) in [5, 5.41) is 0. The minimum absolute atomic E-state index is 0.0964. The van der Waals surface area contributed by atoms with E-state index >= 15 is 0 Å². The van der Waals surface area contributed by atoms with Gasteiger partial charge in [-0.15, -0.1) is 0 Å². The number of hydrogen-bond acceptors (Lipinski definition) is 2. The van der Waals surface area contributed by atoms with Crippen molar-refractivity contribution in [3.8, 4) is 0 Å². The Labute approximate surface area is 99.0 Å². The van der Waals surface area contributed by atoms with Crippen LogP contribution in [0.1, 0.15) is 46.0 Å². The van der Waals surface area contributed by atoms with Crippen molar-refractivity contribution in [2.45, 2.75) is 46.0 Å². The molecule has 2 bridgehead atoms. The minimum atomic E-state index is 0.0964. The first kappa shape index (κ1) is 12.1. The van der Waals surface area contributed by atoms with Crippen LogP contribution in [-0.4, -0.2) is 12.3 Å². The van der Waals surface area contributed by atoms with Gasteiger partial charge >= 0.3 is 0 Å². The lowest BCUT2D eigenvalue weighted by Gasteiger charge is -2.24. The summed E-state index contributed by atoms with van der Waals surface area (Å²) in [6.45, 7) is 4.74. The third kappa shape index (κ3) is 2.32. The van der Waals surface area contributed by atoms with Crippen LogP contribution in [0.15, 0.2) is 0 Å². The van der Waals surface area contributed by atoms with Crippen molar-refractivity contribution in [1.29, 1.82) is 0 Å². The van der Waals surface area contributed by atoms with Gasteiger partial charge in [-0.2, -0.15) is 0 Å². The summed E-state index contributed by atoms with van der Waals surface area (Å²) in [5.74, 6) is 3.42. The fourth-order valence-corrected chi connectivity index (χ4v) is 3.81. The molecule has 0 aromatic carbocycles. The first-order valence-electron chi connectivity index (χ1n) is 6.84. The van der Waals surface area contributed by atoms with Gasteiger partial charge in [0.1, 0.15) is 5.78 Å². The molecule has 2 rings (SSSR count). The monoisotopic (exact) mass is 223 g/mol. The van der Waals surface area contributed by atoms with Crippen molar-refractivity contribution in [2.24, 2.45) is 35.3 Å². The predicted octanol–water partition coefficient (Wildman–Crippen LogP) is 2.61. The summed E-state index contributed by atoms with van der Waals surface area (Å²) in [7, 11) is 0. The van der Waals surface area contributed by atoms with E-state index in [-0.39, 0.29) is 5.92 Å². The molecule has 2 aliphatic rings. The summed E-state index contributed by atoms with van der Waals surface area (Å²) in [4.78, 5) is 12.2. The average Bonchev–Trinajstić information content (AvgIpc) is 2.79. The molecule has 4 unspecified atom stereocenters. The Morgan fingerprint density at radius 1 is 1.31 bits per heavy atom. The Bertz CT molecular complexity index is 261. The number of carbonyl (C=O) groups is 1. The number of nitrogens with two attached hydrogens (primary N) is 1. The van der Waals surface area contributed by atoms with Crippen molar-refractivity contribution >= 4 is 5.78 Å². The van der Waals surface area contributed by atoms with Crippen LogP contribution in [0.25, 0.3) is 0 Å². The molecule has 0 heterocycles. The maximum atomic E-state index is 12.2. The van der Waals surface area contributed by atoms with Gasteiger partial charge in [-0.1, -0.05) is 20.3 Å². The van der Waals surface area contributed by atoms with Crippen LogP contribution in [-0.2, 0) is 4.79 Å². The van der Waals surface area contributed by atoms with Crippen molar-refractivity contribution in [3.63, 3.8) is 0 Å². The minimum Gasteiger partial charge on any atom is -0.330 e. The molecule has 0 aromatic heterocycles. The Balaban J connectivity index is 1.87. The molecule has 0 amide bonds. The smallest absolute Gasteiger partial charge is 0.137 e. The van der Waals surface area contributed by atoms with Gasteiger partial charge < -0.3 is 5.73 Å². The first-order valence-corrected chi connectivity index (χ1v) is 6.84. The van der Waals surface area contributed by atoms with Crippen LogP contribution in [0.4, 0.5) is 0 Å². The highest BCUT2D eigenvalue weighted by molar-refractivity contribution is 5.81. The molecule has 16 heavy (non-hydrogen) atoms. The van der Waals surface area contributed by atoms with E-state index in [0.717, 1.165) is 18.3 Å². The molecule has 92 valence electrons. The highest BCUT2D eigenvalue weighted by atomic mass is 16.1. The van der Waals surface area contributed by atoms with Crippen LogP contribution in [0.3, 0.4) is 0 Å². The van der Waals surface area contributed by atoms with E-state index in [1.54, 1.807) is 0 Å². The summed E-state index contributed by atoms with van der Waals surface area (Å²) in [5.41, 5.74) is 5.70. The maximum absolute atomic E-state index is 12.2. The Morgan fingerprint density at radius 3 is 2.50 bits per heavy atom. The fraction of sp³-hybridized carbons (Fsp3) is 0.929. The second kappa shape index (κ2) is 4.87. The molecule has 2 fully saturated rings. The normalized spacial score (nSPS) is 34.6. The lowest BCUT2D eigenvalue weighted by atomic mass is 9.80. The van der Waals surface area contributed by atoms with E-state index in [2.05, 4.69) is 13.8 Å². The molecule has 4 atom stereocenters. The first-order chi connectivity index (χ1) is 7.61. The number of rotatable bonds is 5. The molecule has 0 spiro atoms. The summed E-state index contributed by atoms with van der Waals surface area (Å²) in [6.07, 6.45) is 6.30. The molecular weight excluding hydrogens is 198 g/mol. The molecule has 0 aliphatic heterocycles. The SMILES string of the molecule is CC(C)C(CN)C(=O)CC1CC2CCC1C2. The summed E-state index contributed by atoms with van der Waals surface area (Å²) >= 11 is 0. The topological polar surface area (TPSA) is 43.1 Å². The zero-order chi connectivity index (χ0) is 11.7. The van der Waals surface area contributed by atoms with Crippen LogP contribution in [0.2, 0.25) is 0 Å². The van der Waals surface area contributed by atoms with Crippen LogP contribution >= 0.6 is 0 Å². The van der Waals surface area contributed by atoms with Gasteiger partial charge in [0.2, 0.25) is 0 Å². The highest BCUT2D eigenvalue weighted by Gasteiger charge is 2.40. The van der Waals surface area contributed by atoms with Crippen molar-refractivity contribution in [1.82, 2.24) is 0 Å². The van der Waals surface area contributed by atoms with Gasteiger partial charge in [0.15, 0.2) is 0 Å².